The van der Waals surface area contributed by atoms with Crippen LogP contribution in [0.2, 0.25) is 0 Å². The Morgan fingerprint density at radius 2 is 2.07 bits per heavy atom. The molecule has 2 nitrogen and oxygen atoms in total. The number of hydrogen-bond donors (Lipinski definition) is 0. The van der Waals surface area contributed by atoms with Gasteiger partial charge in [-0.1, -0.05) is 30.3 Å². The smallest absolute Gasteiger partial charge is 0.557 e. The average molecular weight is 197 g/mol. The zero-order valence-electron chi connectivity index (χ0n) is 7.93. The third-order valence-electron chi connectivity index (χ3n) is 1.60. The van der Waals surface area contributed by atoms with Gasteiger partial charge in [0.2, 0.25) is 0 Å². The molecule has 0 unspecified atom stereocenters. The van der Waals surface area contributed by atoms with Crippen LogP contribution in [0.15, 0.2) is 36.4 Å². The van der Waals surface area contributed by atoms with E-state index in [4.69, 9.17) is 4.74 Å². The topological polar surface area (TPSA) is 22.1 Å². The summed E-state index contributed by atoms with van der Waals surface area (Å²) in [6.45, 7) is 0.568. The van der Waals surface area contributed by atoms with E-state index in [2.05, 4.69) is 9.75 Å². The summed E-state index contributed by atoms with van der Waals surface area (Å²) in [6.07, 6.45) is 0. The molecule has 1 heterocycles. The van der Waals surface area contributed by atoms with Gasteiger partial charge < -0.3 is 4.74 Å². The molecule has 0 aliphatic carbocycles. The summed E-state index contributed by atoms with van der Waals surface area (Å²) >= 11 is 1.27. The maximum absolute atomic E-state index is 5.40. The summed E-state index contributed by atoms with van der Waals surface area (Å²) < 4.78 is 9.40. The van der Waals surface area contributed by atoms with Gasteiger partial charge in [0.1, 0.15) is 0 Å². The maximum Gasteiger partial charge on any atom is 1.00 e. The fraction of sp³-hybridized carbons (Fsp3) is 0.100. The Morgan fingerprint density at radius 1 is 1.29 bits per heavy atom. The van der Waals surface area contributed by atoms with E-state index in [0.717, 1.165) is 5.56 Å². The number of benzene rings is 1. The predicted octanol–water partition coefficient (Wildman–Crippen LogP) is -0.474. The van der Waals surface area contributed by atoms with Gasteiger partial charge in [-0.25, -0.2) is 0 Å². The minimum absolute atomic E-state index is 0. The molecule has 66 valence electrons. The van der Waals surface area contributed by atoms with Crippen LogP contribution in [0.3, 0.4) is 0 Å². The Bertz CT molecular complexity index is 350. The second-order valence-electron chi connectivity index (χ2n) is 2.56. The molecule has 0 fully saturated rings. The van der Waals surface area contributed by atoms with Crippen LogP contribution in [0, 0.1) is 5.38 Å². The van der Waals surface area contributed by atoms with E-state index in [1.165, 1.54) is 11.5 Å². The minimum atomic E-state index is 0. The Morgan fingerprint density at radius 3 is 2.71 bits per heavy atom. The van der Waals surface area contributed by atoms with Gasteiger partial charge in [0.05, 0.1) is 12.5 Å². The van der Waals surface area contributed by atoms with E-state index >= 15 is 0 Å². The van der Waals surface area contributed by atoms with Crippen molar-refractivity contribution in [2.45, 2.75) is 6.61 Å². The second kappa shape index (κ2) is 5.87. The Labute approximate surface area is 99.3 Å². The summed E-state index contributed by atoms with van der Waals surface area (Å²) in [5.74, 6) is 0.647. The normalized spacial score (nSPS) is 9.14. The number of nitrogens with zero attached hydrogens (tertiary/aromatic N) is 1. The van der Waals surface area contributed by atoms with Crippen LogP contribution in [0.25, 0.3) is 0 Å². The molecule has 1 aromatic heterocycles. The quantitative estimate of drug-likeness (QED) is 0.490. The van der Waals surface area contributed by atoms with Crippen LogP contribution in [0.5, 0.6) is 5.88 Å². The SMILES string of the molecule is [Li+].[c-]1cc(OCc2ccccc2)ns1. The molecule has 2 rings (SSSR count). The van der Waals surface area contributed by atoms with Crippen molar-refractivity contribution in [1.82, 2.24) is 4.37 Å². The van der Waals surface area contributed by atoms with Crippen molar-refractivity contribution in [3.05, 3.63) is 47.3 Å². The molecule has 0 N–H and O–H groups in total. The molecule has 2 aromatic rings. The Hall–Kier alpha value is -0.753. The zero-order valence-corrected chi connectivity index (χ0v) is 8.75. The average Bonchev–Trinajstić information content (AvgIpc) is 2.69. The van der Waals surface area contributed by atoms with Gasteiger partial charge in [-0.2, -0.15) is 23.0 Å². The van der Waals surface area contributed by atoms with Crippen LogP contribution in [-0.2, 0) is 6.61 Å². The van der Waals surface area contributed by atoms with Gasteiger partial charge in [-0.15, -0.1) is 0 Å². The van der Waals surface area contributed by atoms with Crippen LogP contribution < -0.4 is 23.6 Å². The molecule has 1 aromatic carbocycles. The first-order chi connectivity index (χ1) is 6.45. The van der Waals surface area contributed by atoms with Crippen LogP contribution in [-0.4, -0.2) is 4.37 Å². The van der Waals surface area contributed by atoms with Crippen molar-refractivity contribution in [2.75, 3.05) is 0 Å². The number of aromatic nitrogens is 1. The van der Waals surface area contributed by atoms with Gasteiger partial charge in [-0.3, -0.25) is 4.37 Å². The molecule has 0 aliphatic heterocycles. The van der Waals surface area contributed by atoms with Crippen molar-refractivity contribution < 1.29 is 23.6 Å². The molecule has 4 heteroatoms. The molecule has 0 aliphatic rings. The van der Waals surface area contributed by atoms with Gasteiger partial charge in [-0.05, 0) is 5.56 Å². The standard InChI is InChI=1S/C10H8NOS.Li/c1-2-4-9(5-3-1)8-12-10-6-7-13-11-10;/h1-6H,8H2;/q-1;+1. The summed E-state index contributed by atoms with van der Waals surface area (Å²) in [5.41, 5.74) is 1.15. The van der Waals surface area contributed by atoms with Gasteiger partial charge in [0.15, 0.2) is 0 Å². The summed E-state index contributed by atoms with van der Waals surface area (Å²) in [5, 5.41) is 2.87. The molecule has 0 spiro atoms. The van der Waals surface area contributed by atoms with E-state index in [1.54, 1.807) is 6.07 Å². The van der Waals surface area contributed by atoms with E-state index in [1.807, 2.05) is 30.3 Å². The molecule has 0 atom stereocenters. The number of rotatable bonds is 3. The van der Waals surface area contributed by atoms with E-state index in [-0.39, 0.29) is 18.9 Å². The number of ether oxygens (including phenoxy) is 1. The maximum atomic E-state index is 5.40. The molecule has 0 saturated heterocycles. The summed E-state index contributed by atoms with van der Waals surface area (Å²) in [6, 6.07) is 11.8. The van der Waals surface area contributed by atoms with E-state index in [0.29, 0.717) is 12.5 Å². The van der Waals surface area contributed by atoms with Crippen molar-refractivity contribution in [1.29, 1.82) is 0 Å². The third-order valence-corrected chi connectivity index (χ3v) is 2.09. The van der Waals surface area contributed by atoms with Crippen molar-refractivity contribution >= 4 is 11.5 Å². The molecular weight excluding hydrogens is 189 g/mol. The van der Waals surface area contributed by atoms with Crippen molar-refractivity contribution in [2.24, 2.45) is 0 Å². The fourth-order valence-electron chi connectivity index (χ4n) is 0.974. The van der Waals surface area contributed by atoms with Crippen LogP contribution in [0.1, 0.15) is 5.56 Å². The summed E-state index contributed by atoms with van der Waals surface area (Å²) in [4.78, 5) is 0. The largest absolute Gasteiger partial charge is 1.00 e. The molecular formula is C10H8LiNOS. The van der Waals surface area contributed by atoms with E-state index < -0.39 is 0 Å². The Kier molecular flexibility index (Phi) is 4.75. The number of hydrogen-bond acceptors (Lipinski definition) is 3. The first-order valence-electron chi connectivity index (χ1n) is 3.94. The molecule has 0 bridgehead atoms. The first kappa shape index (κ1) is 11.3. The zero-order chi connectivity index (χ0) is 8.93. The fourth-order valence-corrected chi connectivity index (χ4v) is 1.38. The molecule has 0 amide bonds. The van der Waals surface area contributed by atoms with Gasteiger partial charge >= 0.3 is 18.9 Å². The summed E-state index contributed by atoms with van der Waals surface area (Å²) in [7, 11) is 0. The van der Waals surface area contributed by atoms with Gasteiger partial charge in [0, 0.05) is 0 Å². The predicted molar refractivity (Wildman–Crippen MR) is 51.7 cm³/mol. The monoisotopic (exact) mass is 197 g/mol. The molecule has 0 saturated carbocycles. The van der Waals surface area contributed by atoms with Crippen molar-refractivity contribution in [3.8, 4) is 5.88 Å². The third kappa shape index (κ3) is 3.19. The second-order valence-corrected chi connectivity index (χ2v) is 3.16. The molecule has 0 radical (unpaired) electrons. The molecule has 14 heavy (non-hydrogen) atoms. The van der Waals surface area contributed by atoms with Gasteiger partial charge in [0.25, 0.3) is 0 Å². The minimum Gasteiger partial charge on any atom is -0.557 e. The van der Waals surface area contributed by atoms with E-state index in [9.17, 15) is 0 Å². The van der Waals surface area contributed by atoms with Crippen molar-refractivity contribution in [3.63, 3.8) is 0 Å². The first-order valence-corrected chi connectivity index (χ1v) is 4.72. The van der Waals surface area contributed by atoms with Crippen LogP contribution in [0.4, 0.5) is 0 Å². The van der Waals surface area contributed by atoms with Crippen LogP contribution >= 0.6 is 11.5 Å². The Balaban J connectivity index is 0.000000980.